The molecular weight excluding hydrogens is 200 g/mol. The van der Waals surface area contributed by atoms with Crippen LogP contribution in [0, 0.1) is 0 Å². The molecule has 0 fully saturated rings. The van der Waals surface area contributed by atoms with Gasteiger partial charge in [0.1, 0.15) is 5.82 Å². The van der Waals surface area contributed by atoms with Crippen molar-refractivity contribution in [2.75, 3.05) is 13.6 Å². The van der Waals surface area contributed by atoms with Gasteiger partial charge in [-0.05, 0) is 7.05 Å². The molecule has 1 heterocycles. The number of hydrogen-bond donors (Lipinski definition) is 1. The van der Waals surface area contributed by atoms with E-state index < -0.39 is 0 Å². The second kappa shape index (κ2) is 4.90. The number of hydrogen-bond acceptors (Lipinski definition) is 3. The van der Waals surface area contributed by atoms with Crippen molar-refractivity contribution in [2.45, 2.75) is 6.42 Å². The predicted molar refractivity (Wildman–Crippen MR) is 64.1 cm³/mol. The van der Waals surface area contributed by atoms with Crippen molar-refractivity contribution in [1.29, 1.82) is 0 Å². The summed E-state index contributed by atoms with van der Waals surface area (Å²) < 4.78 is 1.85. The van der Waals surface area contributed by atoms with Crippen LogP contribution in [0.3, 0.4) is 0 Å². The molecule has 1 aromatic heterocycles. The van der Waals surface area contributed by atoms with Gasteiger partial charge >= 0.3 is 0 Å². The summed E-state index contributed by atoms with van der Waals surface area (Å²) in [5.41, 5.74) is 1.06. The summed E-state index contributed by atoms with van der Waals surface area (Å²) in [6, 6.07) is 10.0. The molecule has 4 nitrogen and oxygen atoms in total. The molecule has 0 unspecified atom stereocenters. The van der Waals surface area contributed by atoms with Gasteiger partial charge in [-0.15, -0.1) is 0 Å². The van der Waals surface area contributed by atoms with Crippen LogP contribution in [-0.2, 0) is 13.5 Å². The van der Waals surface area contributed by atoms with Crippen LogP contribution >= 0.6 is 0 Å². The molecule has 2 aromatic rings. The number of nitrogens with zero attached hydrogens (tertiary/aromatic N) is 3. The zero-order valence-electron chi connectivity index (χ0n) is 9.64. The molecule has 2 rings (SSSR count). The molecule has 0 amide bonds. The summed E-state index contributed by atoms with van der Waals surface area (Å²) >= 11 is 0. The van der Waals surface area contributed by atoms with Crippen LogP contribution in [-0.4, -0.2) is 28.4 Å². The van der Waals surface area contributed by atoms with Crippen molar-refractivity contribution in [3.63, 3.8) is 0 Å². The Kier molecular flexibility index (Phi) is 3.31. The number of aryl methyl sites for hydroxylation is 1. The van der Waals surface area contributed by atoms with Crippen molar-refractivity contribution in [3.05, 3.63) is 36.2 Å². The van der Waals surface area contributed by atoms with Gasteiger partial charge in [0, 0.05) is 25.6 Å². The fourth-order valence-corrected chi connectivity index (χ4v) is 1.58. The van der Waals surface area contributed by atoms with Crippen molar-refractivity contribution in [1.82, 2.24) is 20.1 Å². The fourth-order valence-electron chi connectivity index (χ4n) is 1.58. The minimum atomic E-state index is 0.800. The molecule has 1 aromatic carbocycles. The first-order chi connectivity index (χ1) is 7.81. The first kappa shape index (κ1) is 10.8. The third-order valence-electron chi connectivity index (χ3n) is 2.48. The molecule has 4 heteroatoms. The third-order valence-corrected chi connectivity index (χ3v) is 2.48. The number of benzene rings is 1. The van der Waals surface area contributed by atoms with Crippen LogP contribution in [0.2, 0.25) is 0 Å². The topological polar surface area (TPSA) is 42.7 Å². The van der Waals surface area contributed by atoms with Gasteiger partial charge in [-0.2, -0.15) is 5.10 Å². The van der Waals surface area contributed by atoms with E-state index >= 15 is 0 Å². The van der Waals surface area contributed by atoms with Gasteiger partial charge in [0.2, 0.25) is 0 Å². The van der Waals surface area contributed by atoms with E-state index in [0.29, 0.717) is 0 Å². The quantitative estimate of drug-likeness (QED) is 0.836. The molecule has 0 aliphatic rings. The standard InChI is InChI=1S/C12H16N4/c1-13-9-8-11-14-12(15-16(11)2)10-6-4-3-5-7-10/h3-7,13H,8-9H2,1-2H3. The van der Waals surface area contributed by atoms with Crippen LogP contribution in [0.5, 0.6) is 0 Å². The van der Waals surface area contributed by atoms with Gasteiger partial charge in [0.25, 0.3) is 0 Å². The van der Waals surface area contributed by atoms with Crippen LogP contribution < -0.4 is 5.32 Å². The second-order valence-corrected chi connectivity index (χ2v) is 3.69. The van der Waals surface area contributed by atoms with E-state index in [9.17, 15) is 0 Å². The summed E-state index contributed by atoms with van der Waals surface area (Å²) in [4.78, 5) is 4.53. The molecule has 1 N–H and O–H groups in total. The molecule has 0 bridgehead atoms. The van der Waals surface area contributed by atoms with Gasteiger partial charge in [-0.25, -0.2) is 4.98 Å². The Labute approximate surface area is 95.3 Å². The summed E-state index contributed by atoms with van der Waals surface area (Å²) in [6.45, 7) is 0.917. The first-order valence-electron chi connectivity index (χ1n) is 5.41. The molecule has 0 spiro atoms. The molecule has 0 atom stereocenters. The average molecular weight is 216 g/mol. The maximum absolute atomic E-state index is 4.53. The molecule has 0 saturated carbocycles. The maximum Gasteiger partial charge on any atom is 0.181 e. The number of aromatic nitrogens is 3. The Morgan fingerprint density at radius 2 is 2.00 bits per heavy atom. The van der Waals surface area contributed by atoms with Gasteiger partial charge in [0.15, 0.2) is 5.82 Å². The predicted octanol–water partition coefficient (Wildman–Crippen LogP) is 1.24. The molecule has 16 heavy (non-hydrogen) atoms. The molecule has 0 saturated heterocycles. The van der Waals surface area contributed by atoms with Gasteiger partial charge in [0.05, 0.1) is 0 Å². The fraction of sp³-hybridized carbons (Fsp3) is 0.333. The molecule has 0 aliphatic carbocycles. The highest BCUT2D eigenvalue weighted by atomic mass is 15.3. The van der Waals surface area contributed by atoms with Crippen LogP contribution in [0.15, 0.2) is 30.3 Å². The maximum atomic E-state index is 4.53. The number of nitrogens with one attached hydrogen (secondary N) is 1. The second-order valence-electron chi connectivity index (χ2n) is 3.69. The van der Waals surface area contributed by atoms with Crippen molar-refractivity contribution < 1.29 is 0 Å². The number of likely N-dealkylation sites (N-methyl/N-ethyl adjacent to an activating group) is 1. The van der Waals surface area contributed by atoms with Gasteiger partial charge in [-0.3, -0.25) is 4.68 Å². The van der Waals surface area contributed by atoms with E-state index in [1.165, 1.54) is 0 Å². The normalized spacial score (nSPS) is 10.6. The van der Waals surface area contributed by atoms with Crippen molar-refractivity contribution >= 4 is 0 Å². The van der Waals surface area contributed by atoms with Crippen LogP contribution in [0.1, 0.15) is 5.82 Å². The Hall–Kier alpha value is -1.68. The van der Waals surface area contributed by atoms with E-state index in [-0.39, 0.29) is 0 Å². The van der Waals surface area contributed by atoms with Crippen LogP contribution in [0.4, 0.5) is 0 Å². The highest BCUT2D eigenvalue weighted by Crippen LogP contribution is 2.14. The monoisotopic (exact) mass is 216 g/mol. The smallest absolute Gasteiger partial charge is 0.181 e. The van der Waals surface area contributed by atoms with Gasteiger partial charge < -0.3 is 5.32 Å². The van der Waals surface area contributed by atoms with Crippen molar-refractivity contribution in [3.8, 4) is 11.4 Å². The summed E-state index contributed by atoms with van der Waals surface area (Å²) in [7, 11) is 3.87. The minimum Gasteiger partial charge on any atom is -0.319 e. The Morgan fingerprint density at radius 3 is 2.69 bits per heavy atom. The zero-order chi connectivity index (χ0) is 11.4. The van der Waals surface area contributed by atoms with E-state index in [4.69, 9.17) is 0 Å². The van der Waals surface area contributed by atoms with E-state index in [2.05, 4.69) is 15.4 Å². The van der Waals surface area contributed by atoms with Gasteiger partial charge in [-0.1, -0.05) is 30.3 Å². The van der Waals surface area contributed by atoms with E-state index in [0.717, 1.165) is 30.2 Å². The lowest BCUT2D eigenvalue weighted by molar-refractivity contribution is 0.671. The third kappa shape index (κ3) is 2.28. The average Bonchev–Trinajstić information content (AvgIpc) is 2.69. The summed E-state index contributed by atoms with van der Waals surface area (Å²) in [5, 5.41) is 7.52. The van der Waals surface area contributed by atoms with E-state index in [1.54, 1.807) is 0 Å². The Bertz CT molecular complexity index is 447. The summed E-state index contributed by atoms with van der Waals surface area (Å²) in [6.07, 6.45) is 0.896. The molecule has 0 aliphatic heterocycles. The lowest BCUT2D eigenvalue weighted by atomic mass is 10.2. The Morgan fingerprint density at radius 1 is 1.25 bits per heavy atom. The lowest BCUT2D eigenvalue weighted by Gasteiger charge is -1.97. The summed E-state index contributed by atoms with van der Waals surface area (Å²) in [5.74, 6) is 1.81. The van der Waals surface area contributed by atoms with Crippen LogP contribution in [0.25, 0.3) is 11.4 Å². The largest absolute Gasteiger partial charge is 0.319 e. The highest BCUT2D eigenvalue weighted by molar-refractivity contribution is 5.53. The zero-order valence-corrected chi connectivity index (χ0v) is 9.64. The highest BCUT2D eigenvalue weighted by Gasteiger charge is 2.07. The minimum absolute atomic E-state index is 0.800. The van der Waals surface area contributed by atoms with Crippen molar-refractivity contribution in [2.24, 2.45) is 7.05 Å². The van der Waals surface area contributed by atoms with E-state index in [1.807, 2.05) is 49.1 Å². The SMILES string of the molecule is CNCCc1nc(-c2ccccc2)nn1C. The molecule has 0 radical (unpaired) electrons. The number of rotatable bonds is 4. The first-order valence-corrected chi connectivity index (χ1v) is 5.41. The molecule has 84 valence electrons. The molecular formula is C12H16N4. The lowest BCUT2D eigenvalue weighted by Crippen LogP contribution is -2.13. The Balaban J connectivity index is 2.24.